The van der Waals surface area contributed by atoms with Crippen molar-refractivity contribution in [3.8, 4) is 16.9 Å². The summed E-state index contributed by atoms with van der Waals surface area (Å²) in [5.41, 5.74) is 2.18. The standard InChI is InChI=1S/C35H33F6NO5/c1-19-22(6-4-7-26(43)44)28-25(36)13-12-23(34(28)42(19)18-35(14-15-35)17-27(45)46)20-8-10-21(11-9-20)47-16-3-2-5-24-29(37)31(39)33(41)32(40)30(24)38/h8-13H,2-7,14-18H2,1H3,(H,43,44)(H,45,46). The average Bonchev–Trinajstić information content (AvgIpc) is 3.73. The molecule has 250 valence electrons. The van der Waals surface area contributed by atoms with Crippen molar-refractivity contribution in [2.75, 3.05) is 6.61 Å². The molecule has 1 aromatic heterocycles. The molecule has 1 fully saturated rings. The average molecular weight is 662 g/mol. The minimum Gasteiger partial charge on any atom is -0.494 e. The summed E-state index contributed by atoms with van der Waals surface area (Å²) in [6.45, 7) is 2.34. The number of aromatic nitrogens is 1. The van der Waals surface area contributed by atoms with Gasteiger partial charge in [0.1, 0.15) is 11.6 Å². The normalized spacial score (nSPS) is 13.7. The van der Waals surface area contributed by atoms with E-state index >= 15 is 4.39 Å². The van der Waals surface area contributed by atoms with Gasteiger partial charge in [0.25, 0.3) is 0 Å². The molecule has 1 heterocycles. The van der Waals surface area contributed by atoms with Gasteiger partial charge in [0.15, 0.2) is 23.3 Å². The number of fused-ring (bicyclic) bond motifs is 1. The number of carbonyl (C=O) groups is 2. The van der Waals surface area contributed by atoms with Crippen LogP contribution in [-0.2, 0) is 29.0 Å². The first-order valence-electron chi connectivity index (χ1n) is 15.3. The lowest BCUT2D eigenvalue weighted by molar-refractivity contribution is -0.139. The van der Waals surface area contributed by atoms with Crippen molar-refractivity contribution in [3.05, 3.63) is 88.1 Å². The molecule has 0 saturated heterocycles. The molecule has 2 N–H and O–H groups in total. The number of nitrogens with zero attached hydrogens (tertiary/aromatic N) is 1. The highest BCUT2D eigenvalue weighted by Crippen LogP contribution is 2.52. The van der Waals surface area contributed by atoms with Crippen LogP contribution in [0, 0.1) is 47.2 Å². The molecule has 3 aromatic carbocycles. The highest BCUT2D eigenvalue weighted by molar-refractivity contribution is 5.98. The Kier molecular flexibility index (Phi) is 9.88. The van der Waals surface area contributed by atoms with Gasteiger partial charge in [0.2, 0.25) is 5.82 Å². The molecule has 47 heavy (non-hydrogen) atoms. The Balaban J connectivity index is 1.35. The van der Waals surface area contributed by atoms with E-state index in [9.17, 15) is 36.6 Å². The number of halogens is 6. The number of carboxylic acid groups (broad SMARTS) is 2. The second kappa shape index (κ2) is 13.7. The Bertz CT molecular complexity index is 1800. The number of rotatable bonds is 15. The van der Waals surface area contributed by atoms with Crippen LogP contribution in [0.15, 0.2) is 36.4 Å². The van der Waals surface area contributed by atoms with Crippen molar-refractivity contribution in [2.45, 2.75) is 71.3 Å². The smallest absolute Gasteiger partial charge is 0.303 e. The van der Waals surface area contributed by atoms with Gasteiger partial charge in [-0.15, -0.1) is 0 Å². The fourth-order valence-corrected chi connectivity index (χ4v) is 6.22. The molecule has 1 saturated carbocycles. The van der Waals surface area contributed by atoms with Crippen molar-refractivity contribution in [2.24, 2.45) is 5.41 Å². The Morgan fingerprint density at radius 1 is 0.787 bits per heavy atom. The first-order valence-corrected chi connectivity index (χ1v) is 15.3. The number of aliphatic carboxylic acids is 2. The van der Waals surface area contributed by atoms with Crippen LogP contribution < -0.4 is 4.74 Å². The summed E-state index contributed by atoms with van der Waals surface area (Å²) in [4.78, 5) is 22.8. The van der Waals surface area contributed by atoms with Crippen LogP contribution in [0.1, 0.15) is 61.8 Å². The van der Waals surface area contributed by atoms with Gasteiger partial charge in [-0.2, -0.15) is 0 Å². The molecule has 0 unspecified atom stereocenters. The van der Waals surface area contributed by atoms with E-state index in [0.717, 1.165) is 24.1 Å². The van der Waals surface area contributed by atoms with Crippen molar-refractivity contribution in [1.29, 1.82) is 0 Å². The van der Waals surface area contributed by atoms with E-state index in [1.807, 2.05) is 11.5 Å². The molecule has 1 aliphatic carbocycles. The van der Waals surface area contributed by atoms with E-state index in [1.165, 1.54) is 6.07 Å². The van der Waals surface area contributed by atoms with Crippen molar-refractivity contribution < 1.29 is 50.9 Å². The van der Waals surface area contributed by atoms with Gasteiger partial charge in [-0.1, -0.05) is 12.1 Å². The first-order chi connectivity index (χ1) is 22.3. The zero-order chi connectivity index (χ0) is 34.0. The minimum atomic E-state index is -2.19. The lowest BCUT2D eigenvalue weighted by Crippen LogP contribution is -2.17. The van der Waals surface area contributed by atoms with Crippen molar-refractivity contribution in [1.82, 2.24) is 4.57 Å². The van der Waals surface area contributed by atoms with Gasteiger partial charge >= 0.3 is 11.9 Å². The van der Waals surface area contributed by atoms with Crippen LogP contribution in [0.5, 0.6) is 5.75 Å². The molecule has 12 heteroatoms. The van der Waals surface area contributed by atoms with E-state index in [2.05, 4.69) is 0 Å². The van der Waals surface area contributed by atoms with Gasteiger partial charge in [0, 0.05) is 35.2 Å². The van der Waals surface area contributed by atoms with Crippen molar-refractivity contribution in [3.63, 3.8) is 0 Å². The lowest BCUT2D eigenvalue weighted by Gasteiger charge is -2.18. The van der Waals surface area contributed by atoms with E-state index in [4.69, 9.17) is 9.84 Å². The summed E-state index contributed by atoms with van der Waals surface area (Å²) in [5.74, 6) is -11.7. The Morgan fingerprint density at radius 2 is 1.40 bits per heavy atom. The van der Waals surface area contributed by atoms with Gasteiger partial charge in [-0.25, -0.2) is 26.3 Å². The van der Waals surface area contributed by atoms with Crippen LogP contribution in [0.4, 0.5) is 26.3 Å². The molecule has 0 radical (unpaired) electrons. The lowest BCUT2D eigenvalue weighted by atomic mass is 9.98. The number of benzene rings is 3. The molecule has 6 nitrogen and oxygen atoms in total. The minimum absolute atomic E-state index is 0.0152. The number of unbranched alkanes of at least 4 members (excludes halogenated alkanes) is 1. The predicted molar refractivity (Wildman–Crippen MR) is 161 cm³/mol. The third kappa shape index (κ3) is 7.11. The molecule has 0 amide bonds. The molecule has 4 aromatic rings. The van der Waals surface area contributed by atoms with Crippen LogP contribution in [0.25, 0.3) is 22.0 Å². The molecular formula is C35H33F6NO5. The maximum atomic E-state index is 15.5. The van der Waals surface area contributed by atoms with Gasteiger partial charge < -0.3 is 19.5 Å². The van der Waals surface area contributed by atoms with Crippen molar-refractivity contribution >= 4 is 22.8 Å². The van der Waals surface area contributed by atoms with Gasteiger partial charge in [-0.05, 0) is 92.7 Å². The summed E-state index contributed by atoms with van der Waals surface area (Å²) in [7, 11) is 0. The molecule has 5 rings (SSSR count). The quantitative estimate of drug-likeness (QED) is 0.0577. The molecule has 0 spiro atoms. The highest BCUT2D eigenvalue weighted by Gasteiger charge is 2.45. The Hall–Kier alpha value is -4.48. The second-order valence-corrected chi connectivity index (χ2v) is 12.2. The summed E-state index contributed by atoms with van der Waals surface area (Å²) in [5, 5.41) is 19.1. The SMILES string of the molecule is Cc1c(CCCC(=O)O)c2c(F)ccc(-c3ccc(OCCCCc4c(F)c(F)c(F)c(F)c4F)cc3)c2n1CC1(CC(=O)O)CC1. The first kappa shape index (κ1) is 33.9. The van der Waals surface area contributed by atoms with Gasteiger partial charge in [-0.3, -0.25) is 9.59 Å². The summed E-state index contributed by atoms with van der Waals surface area (Å²) in [6.07, 6.45) is 2.04. The number of hydrogen-bond donors (Lipinski definition) is 2. The number of hydrogen-bond acceptors (Lipinski definition) is 3. The van der Waals surface area contributed by atoms with E-state index < -0.39 is 57.8 Å². The molecule has 1 aliphatic rings. The van der Waals surface area contributed by atoms with Crippen LogP contribution >= 0.6 is 0 Å². The van der Waals surface area contributed by atoms with Crippen LogP contribution in [-0.4, -0.2) is 33.3 Å². The number of aryl methyl sites for hydroxylation is 1. The monoisotopic (exact) mass is 661 g/mol. The molecule has 0 atom stereocenters. The molecule has 0 aliphatic heterocycles. The Labute approximate surface area is 266 Å². The van der Waals surface area contributed by atoms with Crippen LogP contribution in [0.2, 0.25) is 0 Å². The summed E-state index contributed by atoms with van der Waals surface area (Å²) < 4.78 is 91.2. The highest BCUT2D eigenvalue weighted by atomic mass is 19.2. The number of carboxylic acids is 2. The maximum Gasteiger partial charge on any atom is 0.303 e. The van der Waals surface area contributed by atoms with E-state index in [-0.39, 0.29) is 38.7 Å². The third-order valence-electron chi connectivity index (χ3n) is 8.89. The van der Waals surface area contributed by atoms with Gasteiger partial charge in [0.05, 0.1) is 18.5 Å². The topological polar surface area (TPSA) is 88.8 Å². The fourth-order valence-electron chi connectivity index (χ4n) is 6.22. The zero-order valence-corrected chi connectivity index (χ0v) is 25.6. The maximum absolute atomic E-state index is 15.5. The molecular weight excluding hydrogens is 628 g/mol. The third-order valence-corrected chi connectivity index (χ3v) is 8.89. The van der Waals surface area contributed by atoms with E-state index in [0.29, 0.717) is 47.2 Å². The number of ether oxygens (including phenoxy) is 1. The second-order valence-electron chi connectivity index (χ2n) is 12.2. The fraction of sp³-hybridized carbons (Fsp3) is 0.371. The van der Waals surface area contributed by atoms with Crippen LogP contribution in [0.3, 0.4) is 0 Å². The zero-order valence-electron chi connectivity index (χ0n) is 25.6. The largest absolute Gasteiger partial charge is 0.494 e. The summed E-state index contributed by atoms with van der Waals surface area (Å²) in [6, 6.07) is 9.95. The van der Waals surface area contributed by atoms with E-state index in [1.54, 1.807) is 30.3 Å². The molecule has 0 bridgehead atoms. The Morgan fingerprint density at radius 3 is 2.00 bits per heavy atom. The summed E-state index contributed by atoms with van der Waals surface area (Å²) >= 11 is 0. The predicted octanol–water partition coefficient (Wildman–Crippen LogP) is 8.52.